The topological polar surface area (TPSA) is 88.8 Å². The van der Waals surface area contributed by atoms with Crippen molar-refractivity contribution in [2.75, 3.05) is 26.3 Å². The highest BCUT2D eigenvalue weighted by Crippen LogP contribution is 2.30. The van der Waals surface area contributed by atoms with E-state index in [2.05, 4.69) is 0 Å². The van der Waals surface area contributed by atoms with Crippen LogP contribution in [0.1, 0.15) is 11.3 Å². The molecule has 130 valence electrons. The van der Waals surface area contributed by atoms with Crippen molar-refractivity contribution in [2.45, 2.75) is 13.3 Å². The van der Waals surface area contributed by atoms with E-state index in [1.165, 1.54) is 23.4 Å². The molecule has 0 radical (unpaired) electrons. The predicted octanol–water partition coefficient (Wildman–Crippen LogP) is 1.14. The Morgan fingerprint density at radius 1 is 1.33 bits per heavy atom. The number of morpholine rings is 1. The number of carboxylic acid groups (broad SMARTS) is 1. The SMILES string of the molecule is Cc1c(CC(=O)O)c2cc(F)ccc2n1S(=O)(=O)N1CCOCC1. The van der Waals surface area contributed by atoms with Gasteiger partial charge in [-0.2, -0.15) is 12.7 Å². The molecular formula is C15H17FN2O5S. The number of aliphatic carboxylic acids is 1. The Labute approximate surface area is 138 Å². The Bertz CT molecular complexity index is 900. The van der Waals surface area contributed by atoms with Gasteiger partial charge in [-0.05, 0) is 30.7 Å². The molecule has 0 amide bonds. The van der Waals surface area contributed by atoms with Crippen LogP contribution in [0.15, 0.2) is 18.2 Å². The van der Waals surface area contributed by atoms with Crippen LogP contribution in [0.25, 0.3) is 10.9 Å². The lowest BCUT2D eigenvalue weighted by atomic mass is 10.1. The molecule has 1 fully saturated rings. The minimum Gasteiger partial charge on any atom is -0.481 e. The zero-order valence-corrected chi connectivity index (χ0v) is 13.8. The maximum Gasteiger partial charge on any atom is 0.308 e. The van der Waals surface area contributed by atoms with E-state index in [1.54, 1.807) is 0 Å². The third-order valence-electron chi connectivity index (χ3n) is 4.10. The Balaban J connectivity index is 2.24. The van der Waals surface area contributed by atoms with E-state index in [0.717, 1.165) is 10.0 Å². The van der Waals surface area contributed by atoms with Gasteiger partial charge in [0.2, 0.25) is 0 Å². The minimum atomic E-state index is -3.89. The van der Waals surface area contributed by atoms with Crippen molar-refractivity contribution in [3.8, 4) is 0 Å². The van der Waals surface area contributed by atoms with Gasteiger partial charge in [0, 0.05) is 24.2 Å². The molecule has 2 aromatic rings. The fraction of sp³-hybridized carbons (Fsp3) is 0.400. The van der Waals surface area contributed by atoms with Gasteiger partial charge in [-0.25, -0.2) is 8.36 Å². The van der Waals surface area contributed by atoms with Crippen LogP contribution in [0, 0.1) is 12.7 Å². The van der Waals surface area contributed by atoms with Crippen LogP contribution in [0.2, 0.25) is 0 Å². The molecule has 2 heterocycles. The van der Waals surface area contributed by atoms with Crippen LogP contribution in [-0.2, 0) is 26.2 Å². The average molecular weight is 356 g/mol. The monoisotopic (exact) mass is 356 g/mol. The van der Waals surface area contributed by atoms with E-state index in [1.807, 2.05) is 0 Å². The van der Waals surface area contributed by atoms with E-state index in [-0.39, 0.29) is 30.7 Å². The number of hydrogen-bond acceptors (Lipinski definition) is 4. The van der Waals surface area contributed by atoms with E-state index in [0.29, 0.717) is 24.2 Å². The number of rotatable bonds is 4. The lowest BCUT2D eigenvalue weighted by molar-refractivity contribution is -0.136. The molecule has 24 heavy (non-hydrogen) atoms. The smallest absolute Gasteiger partial charge is 0.308 e. The highest BCUT2D eigenvalue weighted by Gasteiger charge is 2.30. The second-order valence-electron chi connectivity index (χ2n) is 5.58. The van der Waals surface area contributed by atoms with Crippen molar-refractivity contribution < 1.29 is 27.4 Å². The van der Waals surface area contributed by atoms with Gasteiger partial charge in [0.1, 0.15) is 5.82 Å². The summed E-state index contributed by atoms with van der Waals surface area (Å²) in [6, 6.07) is 3.70. The maximum atomic E-state index is 13.6. The lowest BCUT2D eigenvalue weighted by Crippen LogP contribution is -2.43. The summed E-state index contributed by atoms with van der Waals surface area (Å²) in [7, 11) is -3.89. The number of nitrogens with zero attached hydrogens (tertiary/aromatic N) is 2. The normalized spacial score (nSPS) is 16.6. The van der Waals surface area contributed by atoms with E-state index in [9.17, 15) is 17.6 Å². The second-order valence-corrected chi connectivity index (χ2v) is 7.36. The summed E-state index contributed by atoms with van der Waals surface area (Å²) in [5.74, 6) is -1.65. The summed E-state index contributed by atoms with van der Waals surface area (Å²) in [6.45, 7) is 2.57. The Hall–Kier alpha value is -1.97. The molecule has 1 aromatic heterocycles. The molecule has 0 atom stereocenters. The molecular weight excluding hydrogens is 339 g/mol. The van der Waals surface area contributed by atoms with Crippen LogP contribution >= 0.6 is 0 Å². The van der Waals surface area contributed by atoms with Gasteiger partial charge >= 0.3 is 16.2 Å². The summed E-state index contributed by atoms with van der Waals surface area (Å²) in [4.78, 5) is 11.1. The van der Waals surface area contributed by atoms with Crippen LogP contribution in [0.4, 0.5) is 4.39 Å². The Morgan fingerprint density at radius 2 is 2.00 bits per heavy atom. The predicted molar refractivity (Wildman–Crippen MR) is 84.7 cm³/mol. The molecule has 0 saturated carbocycles. The van der Waals surface area contributed by atoms with Gasteiger partial charge in [-0.3, -0.25) is 4.79 Å². The highest BCUT2D eigenvalue weighted by molar-refractivity contribution is 7.87. The van der Waals surface area contributed by atoms with Crippen molar-refractivity contribution in [1.82, 2.24) is 8.28 Å². The summed E-state index contributed by atoms with van der Waals surface area (Å²) < 4.78 is 47.2. The third kappa shape index (κ3) is 2.79. The molecule has 3 rings (SSSR count). The lowest BCUT2D eigenvalue weighted by Gasteiger charge is -2.27. The van der Waals surface area contributed by atoms with E-state index < -0.39 is 22.0 Å². The van der Waals surface area contributed by atoms with Gasteiger partial charge < -0.3 is 9.84 Å². The van der Waals surface area contributed by atoms with Crippen molar-refractivity contribution in [1.29, 1.82) is 0 Å². The maximum absolute atomic E-state index is 13.6. The Morgan fingerprint density at radius 3 is 2.62 bits per heavy atom. The second kappa shape index (κ2) is 6.15. The molecule has 9 heteroatoms. The van der Waals surface area contributed by atoms with Gasteiger partial charge in [0.15, 0.2) is 0 Å². The van der Waals surface area contributed by atoms with Gasteiger partial charge in [0.25, 0.3) is 0 Å². The standard InChI is InChI=1S/C15H17FN2O5S/c1-10-12(9-15(19)20)13-8-11(16)2-3-14(13)18(10)24(21,22)17-4-6-23-7-5-17/h2-3,8H,4-7,9H2,1H3,(H,19,20). The summed E-state index contributed by atoms with van der Waals surface area (Å²) >= 11 is 0. The van der Waals surface area contributed by atoms with Crippen LogP contribution in [-0.4, -0.2) is 54.1 Å². The summed E-state index contributed by atoms with van der Waals surface area (Å²) in [6.07, 6.45) is -0.378. The molecule has 0 bridgehead atoms. The van der Waals surface area contributed by atoms with Crippen molar-refractivity contribution in [2.24, 2.45) is 0 Å². The zero-order chi connectivity index (χ0) is 17.5. The summed E-state index contributed by atoms with van der Waals surface area (Å²) in [5.41, 5.74) is 0.856. The highest BCUT2D eigenvalue weighted by atomic mass is 32.2. The number of carboxylic acids is 1. The zero-order valence-electron chi connectivity index (χ0n) is 13.0. The number of carbonyl (C=O) groups is 1. The quantitative estimate of drug-likeness (QED) is 0.887. The Kier molecular flexibility index (Phi) is 4.33. The molecule has 1 saturated heterocycles. The van der Waals surface area contributed by atoms with Crippen LogP contribution in [0.3, 0.4) is 0 Å². The first-order valence-electron chi connectivity index (χ1n) is 7.42. The molecule has 0 unspecified atom stereocenters. The van der Waals surface area contributed by atoms with Gasteiger partial charge in [0.05, 0.1) is 25.2 Å². The van der Waals surface area contributed by atoms with Crippen LogP contribution < -0.4 is 0 Å². The van der Waals surface area contributed by atoms with E-state index >= 15 is 0 Å². The number of halogens is 1. The molecule has 1 aliphatic heterocycles. The molecule has 0 spiro atoms. The number of ether oxygens (including phenoxy) is 1. The fourth-order valence-corrected chi connectivity index (χ4v) is 4.70. The van der Waals surface area contributed by atoms with Gasteiger partial charge in [-0.15, -0.1) is 0 Å². The molecule has 1 aliphatic rings. The number of fused-ring (bicyclic) bond motifs is 1. The van der Waals surface area contributed by atoms with Crippen LogP contribution in [0.5, 0.6) is 0 Å². The van der Waals surface area contributed by atoms with Crippen molar-refractivity contribution >= 4 is 27.1 Å². The molecule has 1 aromatic carbocycles. The van der Waals surface area contributed by atoms with Crippen molar-refractivity contribution in [3.63, 3.8) is 0 Å². The van der Waals surface area contributed by atoms with Crippen molar-refractivity contribution in [3.05, 3.63) is 35.3 Å². The number of benzene rings is 1. The fourth-order valence-electron chi connectivity index (χ4n) is 2.99. The van der Waals surface area contributed by atoms with E-state index in [4.69, 9.17) is 9.84 Å². The third-order valence-corrected chi connectivity index (χ3v) is 6.05. The molecule has 1 N–H and O–H groups in total. The molecule has 0 aliphatic carbocycles. The number of aromatic nitrogens is 1. The summed E-state index contributed by atoms with van der Waals surface area (Å²) in [5, 5.41) is 9.40. The minimum absolute atomic E-state index is 0.219. The van der Waals surface area contributed by atoms with Gasteiger partial charge in [-0.1, -0.05) is 0 Å². The first kappa shape index (κ1) is 16.9. The first-order chi connectivity index (χ1) is 11.3. The largest absolute Gasteiger partial charge is 0.481 e. The molecule has 7 nitrogen and oxygen atoms in total. The number of hydrogen-bond donors (Lipinski definition) is 1. The average Bonchev–Trinajstić information content (AvgIpc) is 2.80. The first-order valence-corrected chi connectivity index (χ1v) is 8.81.